The second-order valence-corrected chi connectivity index (χ2v) is 11.1. The van der Waals surface area contributed by atoms with Gasteiger partial charge in [0.05, 0.1) is 0 Å². The van der Waals surface area contributed by atoms with Crippen molar-refractivity contribution in [2.75, 3.05) is 4.90 Å². The molecule has 0 N–H and O–H groups in total. The van der Waals surface area contributed by atoms with Gasteiger partial charge in [0.25, 0.3) is 0 Å². The van der Waals surface area contributed by atoms with Gasteiger partial charge < -0.3 is 13.7 Å². The molecule has 0 radical (unpaired) electrons. The highest BCUT2D eigenvalue weighted by Crippen LogP contribution is 2.45. The summed E-state index contributed by atoms with van der Waals surface area (Å²) in [5.74, 6) is 0. The van der Waals surface area contributed by atoms with E-state index in [1.165, 1.54) is 15.6 Å². The molecule has 0 aliphatic rings. The van der Waals surface area contributed by atoms with Crippen LogP contribution in [0.15, 0.2) is 112 Å². The van der Waals surface area contributed by atoms with Crippen molar-refractivity contribution in [3.05, 3.63) is 114 Å². The van der Waals surface area contributed by atoms with E-state index in [1.54, 1.807) is 11.3 Å². The predicted molar refractivity (Wildman–Crippen MR) is 161 cm³/mol. The van der Waals surface area contributed by atoms with Gasteiger partial charge in [-0.2, -0.15) is 0 Å². The lowest BCUT2D eigenvalue weighted by Crippen LogP contribution is -2.09. The summed E-state index contributed by atoms with van der Waals surface area (Å²) in [5.41, 5.74) is 7.13. The number of fused-ring (bicyclic) bond motifs is 8. The zero-order chi connectivity index (χ0) is 25.4. The maximum absolute atomic E-state index is 6.33. The van der Waals surface area contributed by atoms with Gasteiger partial charge in [-0.25, -0.2) is 0 Å². The third kappa shape index (κ3) is 3.27. The van der Waals surface area contributed by atoms with Crippen LogP contribution in [0.25, 0.3) is 53.3 Å². The molecule has 0 bridgehead atoms. The third-order valence-corrected chi connectivity index (χ3v) is 8.46. The van der Waals surface area contributed by atoms with Gasteiger partial charge in [-0.1, -0.05) is 59.3 Å². The second-order valence-electron chi connectivity index (χ2n) is 9.64. The monoisotopic (exact) mass is 529 g/mol. The zero-order valence-corrected chi connectivity index (χ0v) is 21.9. The lowest BCUT2D eigenvalue weighted by molar-refractivity contribution is 0.669. The molecule has 8 rings (SSSR count). The molecule has 0 spiro atoms. The number of para-hydroxylation sites is 1. The summed E-state index contributed by atoms with van der Waals surface area (Å²) >= 11 is 8.00. The average Bonchev–Trinajstić information content (AvgIpc) is 3.58. The Morgan fingerprint density at radius 1 is 0.605 bits per heavy atom. The Labute approximate surface area is 227 Å². The van der Waals surface area contributed by atoms with E-state index in [2.05, 4.69) is 84.6 Å². The van der Waals surface area contributed by atoms with Crippen LogP contribution in [-0.4, -0.2) is 0 Å². The summed E-state index contributed by atoms with van der Waals surface area (Å²) in [4.78, 5) is 3.23. The SMILES string of the molecule is Cc1cccc(N(c2ccc3c(c2)sc2oc4ccc(Cl)cc4c23)c2ccc3oc4ccccc4c3c2)c1. The number of hydrogen-bond donors (Lipinski definition) is 0. The van der Waals surface area contributed by atoms with Crippen LogP contribution in [0, 0.1) is 6.92 Å². The van der Waals surface area contributed by atoms with Crippen molar-refractivity contribution < 1.29 is 8.83 Å². The van der Waals surface area contributed by atoms with Crippen molar-refractivity contribution in [1.29, 1.82) is 0 Å². The molecule has 0 fully saturated rings. The molecule has 3 heterocycles. The fourth-order valence-corrected chi connectivity index (χ4v) is 6.77. The highest BCUT2D eigenvalue weighted by Gasteiger charge is 2.19. The predicted octanol–water partition coefficient (Wildman–Crippen LogP) is 11.1. The Hall–Kier alpha value is -4.25. The molecule has 5 aromatic carbocycles. The van der Waals surface area contributed by atoms with Gasteiger partial charge in [0.15, 0.2) is 4.90 Å². The standard InChI is InChI=1S/C33H20ClNO2S/c1-19-5-4-6-21(15-19)35(22-11-14-29-26(17-22)24-7-2-3-8-28(24)36-29)23-10-12-25-31(18-23)38-33-32(25)27-16-20(34)9-13-30(27)37-33/h2-18H,1H3. The van der Waals surface area contributed by atoms with Crippen molar-refractivity contribution >= 4 is 93.3 Å². The topological polar surface area (TPSA) is 29.5 Å². The fourth-order valence-electron chi connectivity index (χ4n) is 5.48. The van der Waals surface area contributed by atoms with Crippen LogP contribution in [0.2, 0.25) is 5.02 Å². The minimum Gasteiger partial charge on any atom is -0.456 e. The summed E-state index contributed by atoms with van der Waals surface area (Å²) in [6.45, 7) is 2.13. The van der Waals surface area contributed by atoms with Crippen molar-refractivity contribution in [3.8, 4) is 0 Å². The first kappa shape index (κ1) is 21.8. The first-order valence-corrected chi connectivity index (χ1v) is 13.6. The number of benzene rings is 5. The molecular weight excluding hydrogens is 510 g/mol. The first-order chi connectivity index (χ1) is 18.6. The Kier molecular flexibility index (Phi) is 4.66. The van der Waals surface area contributed by atoms with Gasteiger partial charge in [0.1, 0.15) is 16.7 Å². The van der Waals surface area contributed by atoms with Crippen LogP contribution < -0.4 is 4.90 Å². The lowest BCUT2D eigenvalue weighted by atomic mass is 10.1. The smallest absolute Gasteiger partial charge is 0.190 e. The van der Waals surface area contributed by atoms with Gasteiger partial charge in [0.2, 0.25) is 0 Å². The Balaban J connectivity index is 1.36. The number of halogens is 1. The Bertz CT molecular complexity index is 2180. The van der Waals surface area contributed by atoms with Crippen LogP contribution in [0.4, 0.5) is 17.1 Å². The summed E-state index contributed by atoms with van der Waals surface area (Å²) in [6, 6.07) is 35.7. The number of furan rings is 2. The molecular formula is C33H20ClNO2S. The zero-order valence-electron chi connectivity index (χ0n) is 20.4. The molecule has 0 saturated carbocycles. The molecule has 0 unspecified atom stereocenters. The summed E-state index contributed by atoms with van der Waals surface area (Å²) in [5, 5.41) is 6.29. The summed E-state index contributed by atoms with van der Waals surface area (Å²) in [6.07, 6.45) is 0. The number of aryl methyl sites for hydroxylation is 1. The molecule has 38 heavy (non-hydrogen) atoms. The Morgan fingerprint density at radius 3 is 2.29 bits per heavy atom. The molecule has 182 valence electrons. The molecule has 0 atom stereocenters. The van der Waals surface area contributed by atoms with E-state index in [0.717, 1.165) is 60.3 Å². The van der Waals surface area contributed by atoms with Crippen molar-refractivity contribution in [1.82, 2.24) is 0 Å². The van der Waals surface area contributed by atoms with Crippen molar-refractivity contribution in [3.63, 3.8) is 0 Å². The maximum atomic E-state index is 6.33. The fraction of sp³-hybridized carbons (Fsp3) is 0.0303. The molecule has 0 aliphatic heterocycles. The largest absolute Gasteiger partial charge is 0.456 e. The number of thiophene rings is 1. The van der Waals surface area contributed by atoms with E-state index in [9.17, 15) is 0 Å². The molecule has 8 aromatic rings. The van der Waals surface area contributed by atoms with Crippen molar-refractivity contribution in [2.24, 2.45) is 0 Å². The van der Waals surface area contributed by atoms with Crippen LogP contribution in [-0.2, 0) is 0 Å². The molecule has 0 amide bonds. The first-order valence-electron chi connectivity index (χ1n) is 12.4. The summed E-state index contributed by atoms with van der Waals surface area (Å²) < 4.78 is 13.5. The molecule has 0 aliphatic carbocycles. The molecule has 3 nitrogen and oxygen atoms in total. The van der Waals surface area contributed by atoms with Crippen LogP contribution in [0.5, 0.6) is 0 Å². The minimum absolute atomic E-state index is 0.712. The quantitative estimate of drug-likeness (QED) is 0.228. The van der Waals surface area contributed by atoms with Gasteiger partial charge in [0, 0.05) is 53.7 Å². The molecule has 3 aromatic heterocycles. The number of nitrogens with zero attached hydrogens (tertiary/aromatic N) is 1. The maximum Gasteiger partial charge on any atom is 0.190 e. The summed E-state index contributed by atoms with van der Waals surface area (Å²) in [7, 11) is 0. The van der Waals surface area contributed by atoms with Crippen LogP contribution >= 0.6 is 22.9 Å². The minimum atomic E-state index is 0.712. The van der Waals surface area contributed by atoms with Crippen LogP contribution in [0.1, 0.15) is 5.56 Å². The van der Waals surface area contributed by atoms with Gasteiger partial charge in [-0.3, -0.25) is 0 Å². The number of anilines is 3. The van der Waals surface area contributed by atoms with E-state index in [4.69, 9.17) is 20.4 Å². The van der Waals surface area contributed by atoms with E-state index in [0.29, 0.717) is 5.02 Å². The second kappa shape index (κ2) is 8.12. The molecule has 0 saturated heterocycles. The highest BCUT2D eigenvalue weighted by atomic mass is 35.5. The van der Waals surface area contributed by atoms with Gasteiger partial charge >= 0.3 is 0 Å². The van der Waals surface area contributed by atoms with E-state index in [-0.39, 0.29) is 0 Å². The van der Waals surface area contributed by atoms with E-state index >= 15 is 0 Å². The Morgan fingerprint density at radius 2 is 1.37 bits per heavy atom. The van der Waals surface area contributed by atoms with E-state index in [1.807, 2.05) is 30.3 Å². The highest BCUT2D eigenvalue weighted by molar-refractivity contribution is 7.25. The van der Waals surface area contributed by atoms with E-state index < -0.39 is 0 Å². The third-order valence-electron chi connectivity index (χ3n) is 7.19. The van der Waals surface area contributed by atoms with Crippen LogP contribution in [0.3, 0.4) is 0 Å². The number of hydrogen-bond acceptors (Lipinski definition) is 4. The lowest BCUT2D eigenvalue weighted by Gasteiger charge is -2.26. The van der Waals surface area contributed by atoms with Gasteiger partial charge in [-0.05, 0) is 79.2 Å². The normalized spacial score (nSPS) is 11.9. The number of rotatable bonds is 3. The van der Waals surface area contributed by atoms with Crippen molar-refractivity contribution in [2.45, 2.75) is 6.92 Å². The van der Waals surface area contributed by atoms with Gasteiger partial charge in [-0.15, -0.1) is 0 Å². The molecule has 5 heteroatoms. The average molecular weight is 530 g/mol.